The summed E-state index contributed by atoms with van der Waals surface area (Å²) in [6, 6.07) is 8.65. The Morgan fingerprint density at radius 2 is 1.11 bits per heavy atom. The van der Waals surface area contributed by atoms with Gasteiger partial charge in [0.05, 0.1) is 26.2 Å². The van der Waals surface area contributed by atoms with Gasteiger partial charge < -0.3 is 19.7 Å². The molecule has 0 aliphatic carbocycles. The Balaban J connectivity index is 1.94. The van der Waals surface area contributed by atoms with Crippen LogP contribution in [0.1, 0.15) is 116 Å². The van der Waals surface area contributed by atoms with Gasteiger partial charge in [0.25, 0.3) is 0 Å². The Labute approximate surface area is 226 Å². The van der Waals surface area contributed by atoms with Crippen molar-refractivity contribution in [2.75, 3.05) is 13.1 Å². The molecule has 204 valence electrons. The molecule has 0 saturated carbocycles. The Morgan fingerprint density at radius 3 is 1.54 bits per heavy atom. The second-order valence-electron chi connectivity index (χ2n) is 15.0. The number of hydrogen-bond donors (Lipinski definition) is 2. The Morgan fingerprint density at radius 1 is 0.676 bits per heavy atom. The summed E-state index contributed by atoms with van der Waals surface area (Å²) in [7, 11) is 0. The maximum atomic E-state index is 11.2. The van der Waals surface area contributed by atoms with Crippen molar-refractivity contribution in [2.24, 2.45) is 0 Å². The molecule has 1 aliphatic rings. The molecule has 0 amide bonds. The van der Waals surface area contributed by atoms with E-state index >= 15 is 0 Å². The Bertz CT molecular complexity index is 1180. The molecule has 0 fully saturated rings. The summed E-state index contributed by atoms with van der Waals surface area (Å²) in [5.41, 5.74) is 6.03. The maximum absolute atomic E-state index is 11.2. The quantitative estimate of drug-likeness (QED) is 0.340. The van der Waals surface area contributed by atoms with Gasteiger partial charge in [-0.1, -0.05) is 95.2 Å². The van der Waals surface area contributed by atoms with E-state index in [1.165, 1.54) is 11.1 Å². The fourth-order valence-corrected chi connectivity index (χ4v) is 4.82. The van der Waals surface area contributed by atoms with Crippen molar-refractivity contribution >= 4 is 6.34 Å². The van der Waals surface area contributed by atoms with Crippen molar-refractivity contribution in [3.05, 3.63) is 57.6 Å². The van der Waals surface area contributed by atoms with Gasteiger partial charge >= 0.3 is 0 Å². The van der Waals surface area contributed by atoms with Gasteiger partial charge in [-0.25, -0.2) is 0 Å². The normalized spacial score (nSPS) is 15.4. The molecule has 0 atom stereocenters. The summed E-state index contributed by atoms with van der Waals surface area (Å²) in [5, 5.41) is 22.4. The van der Waals surface area contributed by atoms with Gasteiger partial charge in [-0.2, -0.15) is 0 Å². The summed E-state index contributed by atoms with van der Waals surface area (Å²) < 4.78 is 2.16. The number of hydrogen-bond acceptors (Lipinski definition) is 3. The van der Waals surface area contributed by atoms with Gasteiger partial charge in [-0.15, -0.1) is 6.34 Å². The number of nitrogens with zero attached hydrogens (tertiary/aromatic N) is 2. The molecule has 0 aromatic heterocycles. The fourth-order valence-electron chi connectivity index (χ4n) is 4.82. The van der Waals surface area contributed by atoms with Gasteiger partial charge in [-0.3, -0.25) is 0 Å². The van der Waals surface area contributed by atoms with Gasteiger partial charge in [0, 0.05) is 11.1 Å². The lowest BCUT2D eigenvalue weighted by Crippen LogP contribution is -2.22. The predicted molar refractivity (Wildman–Crippen MR) is 155 cm³/mol. The van der Waals surface area contributed by atoms with Crippen LogP contribution < -0.4 is 0 Å². The number of benzene rings is 2. The van der Waals surface area contributed by atoms with Crippen molar-refractivity contribution in [3.63, 3.8) is 0 Å². The molecule has 1 heterocycles. The minimum absolute atomic E-state index is 0.00666. The van der Waals surface area contributed by atoms with E-state index in [9.17, 15) is 10.2 Å². The summed E-state index contributed by atoms with van der Waals surface area (Å²) in [6.07, 6.45) is 3.52. The molecule has 0 spiro atoms. The molecule has 4 heteroatoms. The second-order valence-corrected chi connectivity index (χ2v) is 15.0. The monoisotopic (exact) mass is 506 g/mol. The minimum atomic E-state index is -0.148. The highest BCUT2D eigenvalue weighted by molar-refractivity contribution is 5.54. The second kappa shape index (κ2) is 9.67. The lowest BCUT2D eigenvalue weighted by atomic mass is 9.79. The van der Waals surface area contributed by atoms with E-state index in [0.717, 1.165) is 35.3 Å². The molecule has 0 saturated heterocycles. The van der Waals surface area contributed by atoms with Crippen molar-refractivity contribution in [3.8, 4) is 11.5 Å². The highest BCUT2D eigenvalue weighted by atomic mass is 16.3. The average molecular weight is 507 g/mol. The fraction of sp³-hybridized carbons (Fsp3) is 0.606. The van der Waals surface area contributed by atoms with E-state index in [1.54, 1.807) is 0 Å². The molecule has 37 heavy (non-hydrogen) atoms. The topological polar surface area (TPSA) is 46.7 Å². The SMILES string of the molecule is CC(C)(C)c1cc(CN2[C-]=[N+](Cc3cc(C(C)(C)C)cc(C(C)(C)C)c3O)CC2)c(O)c(C(C)(C)C)c1. The standard InChI is InChI=1S/C33H50N2O2/c1-30(2,3)24-15-22(28(36)26(17-24)32(7,8)9)19-34-13-14-35(21-34)20-23-16-25(31(4,5)6)18-27(29(23)37)33(10,11)12/h15-18,36-37H,13-14,19-20H2,1-12H3. The predicted octanol–water partition coefficient (Wildman–Crippen LogP) is 7.22. The molecule has 0 bridgehead atoms. The molecule has 2 N–H and O–H groups in total. The van der Waals surface area contributed by atoms with Crippen LogP contribution in [0, 0.1) is 0 Å². The third-order valence-electron chi connectivity index (χ3n) is 7.37. The van der Waals surface area contributed by atoms with Crippen LogP contribution in [0.15, 0.2) is 24.3 Å². The van der Waals surface area contributed by atoms with Crippen molar-refractivity contribution in [1.29, 1.82) is 0 Å². The molecular formula is C33H50N2O2. The molecule has 0 unspecified atom stereocenters. The molecule has 2 aromatic carbocycles. The first-order valence-electron chi connectivity index (χ1n) is 13.7. The summed E-state index contributed by atoms with van der Waals surface area (Å²) in [5.74, 6) is 0.789. The third-order valence-corrected chi connectivity index (χ3v) is 7.37. The first kappa shape index (κ1) is 29.1. The van der Waals surface area contributed by atoms with Crippen molar-refractivity contribution in [1.82, 2.24) is 4.90 Å². The molecule has 2 aromatic rings. The summed E-state index contributed by atoms with van der Waals surface area (Å²) in [6.45, 7) is 29.1. The first-order valence-corrected chi connectivity index (χ1v) is 13.7. The average Bonchev–Trinajstić information content (AvgIpc) is 3.14. The van der Waals surface area contributed by atoms with E-state index in [0.29, 0.717) is 24.6 Å². The molecule has 1 aliphatic heterocycles. The van der Waals surface area contributed by atoms with Crippen LogP contribution >= 0.6 is 0 Å². The highest BCUT2D eigenvalue weighted by Gasteiger charge is 2.27. The lowest BCUT2D eigenvalue weighted by molar-refractivity contribution is -0.530. The van der Waals surface area contributed by atoms with Crippen LogP contribution in [-0.4, -0.2) is 39.1 Å². The minimum Gasteiger partial charge on any atom is -0.507 e. The zero-order chi connectivity index (χ0) is 28.1. The van der Waals surface area contributed by atoms with E-state index in [-0.39, 0.29) is 21.7 Å². The first-order chi connectivity index (χ1) is 16.7. The molecule has 4 nitrogen and oxygen atoms in total. The number of phenols is 2. The Kier molecular flexibility index (Phi) is 7.60. The number of aromatic hydroxyl groups is 2. The molecule has 0 radical (unpaired) electrons. The smallest absolute Gasteiger partial charge is 0.126 e. The highest BCUT2D eigenvalue weighted by Crippen LogP contribution is 2.39. The van der Waals surface area contributed by atoms with Crippen LogP contribution in [-0.2, 0) is 34.7 Å². The zero-order valence-electron chi connectivity index (χ0n) is 25.4. The van der Waals surface area contributed by atoms with E-state index in [4.69, 9.17) is 0 Å². The van der Waals surface area contributed by atoms with Crippen LogP contribution in [0.4, 0.5) is 0 Å². The zero-order valence-corrected chi connectivity index (χ0v) is 25.4. The maximum Gasteiger partial charge on any atom is 0.126 e. The Hall–Kier alpha value is -2.49. The van der Waals surface area contributed by atoms with Gasteiger partial charge in [0.1, 0.15) is 11.5 Å². The van der Waals surface area contributed by atoms with Crippen LogP contribution in [0.5, 0.6) is 11.5 Å². The van der Waals surface area contributed by atoms with E-state index < -0.39 is 0 Å². The van der Waals surface area contributed by atoms with E-state index in [1.807, 2.05) is 0 Å². The molecular weight excluding hydrogens is 456 g/mol. The lowest BCUT2D eigenvalue weighted by Gasteiger charge is -2.29. The number of rotatable bonds is 4. The third kappa shape index (κ3) is 6.69. The molecule has 3 rings (SSSR count). The van der Waals surface area contributed by atoms with Crippen molar-refractivity contribution < 1.29 is 14.8 Å². The van der Waals surface area contributed by atoms with Gasteiger partial charge in [0.2, 0.25) is 0 Å². The largest absolute Gasteiger partial charge is 0.507 e. The summed E-state index contributed by atoms with van der Waals surface area (Å²) in [4.78, 5) is 2.16. The van der Waals surface area contributed by atoms with E-state index in [2.05, 4.69) is 123 Å². The van der Waals surface area contributed by atoms with Crippen molar-refractivity contribution in [2.45, 2.75) is 118 Å². The number of phenolic OH excluding ortho intramolecular Hbond substituents is 2. The van der Waals surface area contributed by atoms with Crippen LogP contribution in [0.2, 0.25) is 0 Å². The van der Waals surface area contributed by atoms with Crippen LogP contribution in [0.25, 0.3) is 0 Å². The summed E-state index contributed by atoms with van der Waals surface area (Å²) >= 11 is 0. The van der Waals surface area contributed by atoms with Crippen LogP contribution in [0.3, 0.4) is 0 Å². The van der Waals surface area contributed by atoms with Gasteiger partial charge in [0.15, 0.2) is 0 Å². The van der Waals surface area contributed by atoms with Gasteiger partial charge in [-0.05, 0) is 56.0 Å².